The van der Waals surface area contributed by atoms with Crippen LogP contribution in [0.2, 0.25) is 0 Å². The predicted molar refractivity (Wildman–Crippen MR) is 60.4 cm³/mol. The van der Waals surface area contributed by atoms with Crippen LogP contribution in [0.25, 0.3) is 0 Å². The predicted octanol–water partition coefficient (Wildman–Crippen LogP) is 0.788. The average molecular weight is 196 g/mol. The molecule has 80 valence electrons. The SMILES string of the molecule is C=CC(C(=O)C(C=C)N(C)C)N(C)C. The summed E-state index contributed by atoms with van der Waals surface area (Å²) < 4.78 is 0. The molecule has 0 aromatic carbocycles. The summed E-state index contributed by atoms with van der Waals surface area (Å²) in [7, 11) is 7.44. The Balaban J connectivity index is 4.70. The minimum absolute atomic E-state index is 0.102. The van der Waals surface area contributed by atoms with Gasteiger partial charge in [-0.25, -0.2) is 0 Å². The van der Waals surface area contributed by atoms with Crippen molar-refractivity contribution in [2.24, 2.45) is 0 Å². The molecule has 3 heteroatoms. The van der Waals surface area contributed by atoms with Crippen LogP contribution in [0.4, 0.5) is 0 Å². The Morgan fingerprint density at radius 1 is 1.00 bits per heavy atom. The van der Waals surface area contributed by atoms with E-state index in [9.17, 15) is 4.79 Å². The normalized spacial score (nSPS) is 15.3. The van der Waals surface area contributed by atoms with Gasteiger partial charge in [0.05, 0.1) is 12.1 Å². The quantitative estimate of drug-likeness (QED) is 0.587. The smallest absolute Gasteiger partial charge is 0.174 e. The third kappa shape index (κ3) is 3.09. The Kier molecular flexibility index (Phi) is 5.35. The Morgan fingerprint density at radius 3 is 1.43 bits per heavy atom. The molecule has 0 aliphatic rings. The van der Waals surface area contributed by atoms with Crippen LogP contribution in [0.1, 0.15) is 0 Å². The standard InChI is InChI=1S/C11H20N2O/c1-7-9(12(3)4)11(14)10(8-2)13(5)6/h7-10H,1-2H2,3-6H3. The number of Topliss-reactive ketones (excluding diaryl/α,β-unsaturated/α-hetero) is 1. The lowest BCUT2D eigenvalue weighted by molar-refractivity contribution is -0.124. The zero-order chi connectivity index (χ0) is 11.3. The Morgan fingerprint density at radius 2 is 1.29 bits per heavy atom. The first-order valence-corrected chi connectivity index (χ1v) is 4.57. The molecule has 0 rings (SSSR count). The van der Waals surface area contributed by atoms with Gasteiger partial charge in [0.1, 0.15) is 0 Å². The summed E-state index contributed by atoms with van der Waals surface area (Å²) in [6.07, 6.45) is 3.31. The maximum atomic E-state index is 12.0. The number of carbonyl (C=O) groups excluding carboxylic acids is 1. The van der Waals surface area contributed by atoms with Gasteiger partial charge in [0.15, 0.2) is 5.78 Å². The van der Waals surface area contributed by atoms with Gasteiger partial charge in [-0.15, -0.1) is 13.2 Å². The number of hydrogen-bond donors (Lipinski definition) is 0. The molecule has 0 amide bonds. The van der Waals surface area contributed by atoms with Crippen LogP contribution >= 0.6 is 0 Å². The highest BCUT2D eigenvalue weighted by molar-refractivity contribution is 5.92. The maximum Gasteiger partial charge on any atom is 0.174 e. The first-order valence-electron chi connectivity index (χ1n) is 4.57. The Labute approximate surface area is 86.7 Å². The highest BCUT2D eigenvalue weighted by Crippen LogP contribution is 2.05. The molecular formula is C11H20N2O. The monoisotopic (exact) mass is 196 g/mol. The van der Waals surface area contributed by atoms with Crippen LogP contribution in [0, 0.1) is 0 Å². The first-order chi connectivity index (χ1) is 6.45. The molecule has 0 N–H and O–H groups in total. The number of hydrogen-bond acceptors (Lipinski definition) is 3. The van der Waals surface area contributed by atoms with E-state index in [1.807, 2.05) is 38.0 Å². The number of nitrogens with zero attached hydrogens (tertiary/aromatic N) is 2. The number of carbonyl (C=O) groups is 1. The molecule has 0 spiro atoms. The lowest BCUT2D eigenvalue weighted by atomic mass is 10.0. The van der Waals surface area contributed by atoms with Crippen molar-refractivity contribution in [2.75, 3.05) is 28.2 Å². The van der Waals surface area contributed by atoms with E-state index in [2.05, 4.69) is 13.2 Å². The number of likely N-dealkylation sites (N-methyl/N-ethyl adjacent to an activating group) is 2. The van der Waals surface area contributed by atoms with Gasteiger partial charge in [-0.05, 0) is 28.2 Å². The van der Waals surface area contributed by atoms with Gasteiger partial charge in [-0.3, -0.25) is 14.6 Å². The third-order valence-electron chi connectivity index (χ3n) is 2.14. The van der Waals surface area contributed by atoms with Crippen molar-refractivity contribution in [2.45, 2.75) is 12.1 Å². The molecule has 0 aliphatic carbocycles. The zero-order valence-electron chi connectivity index (χ0n) is 9.53. The van der Waals surface area contributed by atoms with Crippen LogP contribution in [0.5, 0.6) is 0 Å². The molecule has 14 heavy (non-hydrogen) atoms. The lowest BCUT2D eigenvalue weighted by Gasteiger charge is -2.26. The van der Waals surface area contributed by atoms with Gasteiger partial charge in [0.25, 0.3) is 0 Å². The molecule has 2 atom stereocenters. The van der Waals surface area contributed by atoms with E-state index in [4.69, 9.17) is 0 Å². The van der Waals surface area contributed by atoms with Crippen molar-refractivity contribution in [1.29, 1.82) is 0 Å². The van der Waals surface area contributed by atoms with Gasteiger partial charge in [0.2, 0.25) is 0 Å². The van der Waals surface area contributed by atoms with Gasteiger partial charge < -0.3 is 0 Å². The van der Waals surface area contributed by atoms with E-state index in [1.165, 1.54) is 0 Å². The topological polar surface area (TPSA) is 23.6 Å². The number of rotatable bonds is 6. The largest absolute Gasteiger partial charge is 0.297 e. The lowest BCUT2D eigenvalue weighted by Crippen LogP contribution is -2.45. The minimum Gasteiger partial charge on any atom is -0.297 e. The van der Waals surface area contributed by atoms with Crippen LogP contribution in [0.3, 0.4) is 0 Å². The molecular weight excluding hydrogens is 176 g/mol. The molecule has 0 saturated heterocycles. The van der Waals surface area contributed by atoms with Crippen LogP contribution in [-0.2, 0) is 4.79 Å². The first kappa shape index (κ1) is 13.1. The molecule has 0 saturated carbocycles. The summed E-state index contributed by atoms with van der Waals surface area (Å²) in [5.74, 6) is 0.102. The summed E-state index contributed by atoms with van der Waals surface area (Å²) in [6, 6.07) is -0.499. The summed E-state index contributed by atoms with van der Waals surface area (Å²) in [5, 5.41) is 0. The second-order valence-corrected chi connectivity index (χ2v) is 3.69. The van der Waals surface area contributed by atoms with E-state index in [0.29, 0.717) is 0 Å². The second-order valence-electron chi connectivity index (χ2n) is 3.69. The molecule has 2 unspecified atom stereocenters. The van der Waals surface area contributed by atoms with E-state index in [0.717, 1.165) is 0 Å². The van der Waals surface area contributed by atoms with Crippen molar-refractivity contribution in [1.82, 2.24) is 9.80 Å². The van der Waals surface area contributed by atoms with Gasteiger partial charge in [0, 0.05) is 0 Å². The summed E-state index contributed by atoms with van der Waals surface area (Å²) in [5.41, 5.74) is 0. The molecule has 3 nitrogen and oxygen atoms in total. The van der Waals surface area contributed by atoms with E-state index < -0.39 is 0 Å². The van der Waals surface area contributed by atoms with Gasteiger partial charge in [-0.1, -0.05) is 12.2 Å². The van der Waals surface area contributed by atoms with E-state index in [-0.39, 0.29) is 17.9 Å². The average Bonchev–Trinajstić information content (AvgIpc) is 2.04. The molecule has 0 aliphatic heterocycles. The fourth-order valence-electron chi connectivity index (χ4n) is 1.34. The number of ketones is 1. The highest BCUT2D eigenvalue weighted by atomic mass is 16.1. The van der Waals surface area contributed by atoms with Crippen molar-refractivity contribution < 1.29 is 4.79 Å². The summed E-state index contributed by atoms with van der Waals surface area (Å²) in [4.78, 5) is 15.6. The Bertz CT molecular complexity index is 199. The molecule has 0 fully saturated rings. The highest BCUT2D eigenvalue weighted by Gasteiger charge is 2.25. The molecule has 0 bridgehead atoms. The van der Waals surface area contributed by atoms with E-state index in [1.54, 1.807) is 12.2 Å². The van der Waals surface area contributed by atoms with Crippen LogP contribution in [-0.4, -0.2) is 55.9 Å². The van der Waals surface area contributed by atoms with Gasteiger partial charge >= 0.3 is 0 Å². The molecule has 0 heterocycles. The minimum atomic E-state index is -0.250. The van der Waals surface area contributed by atoms with Crippen molar-refractivity contribution >= 4 is 5.78 Å². The van der Waals surface area contributed by atoms with Gasteiger partial charge in [-0.2, -0.15) is 0 Å². The fourth-order valence-corrected chi connectivity index (χ4v) is 1.34. The molecule has 0 aromatic heterocycles. The second kappa shape index (κ2) is 5.73. The summed E-state index contributed by atoms with van der Waals surface area (Å²) in [6.45, 7) is 7.33. The van der Waals surface area contributed by atoms with E-state index >= 15 is 0 Å². The summed E-state index contributed by atoms with van der Waals surface area (Å²) >= 11 is 0. The third-order valence-corrected chi connectivity index (χ3v) is 2.14. The Hall–Kier alpha value is -0.930. The fraction of sp³-hybridized carbons (Fsp3) is 0.545. The maximum absolute atomic E-state index is 12.0. The van der Waals surface area contributed by atoms with Crippen LogP contribution in [0.15, 0.2) is 25.3 Å². The molecule has 0 radical (unpaired) electrons. The van der Waals surface area contributed by atoms with Crippen molar-refractivity contribution in [3.63, 3.8) is 0 Å². The molecule has 0 aromatic rings. The zero-order valence-corrected chi connectivity index (χ0v) is 9.53. The van der Waals surface area contributed by atoms with Crippen molar-refractivity contribution in [3.8, 4) is 0 Å². The van der Waals surface area contributed by atoms with Crippen molar-refractivity contribution in [3.05, 3.63) is 25.3 Å². The van der Waals surface area contributed by atoms with Crippen LogP contribution < -0.4 is 0 Å².